The van der Waals surface area contributed by atoms with E-state index >= 15 is 0 Å². The van der Waals surface area contributed by atoms with Crippen LogP contribution in [0.25, 0.3) is 0 Å². The first-order valence-electron chi connectivity index (χ1n) is 6.23. The number of hydrogen-bond acceptors (Lipinski definition) is 1. The van der Waals surface area contributed by atoms with Crippen molar-refractivity contribution in [2.45, 2.75) is 24.8 Å². The van der Waals surface area contributed by atoms with E-state index in [0.29, 0.717) is 5.92 Å². The van der Waals surface area contributed by atoms with E-state index in [4.69, 9.17) is 5.73 Å². The van der Waals surface area contributed by atoms with E-state index in [1.165, 1.54) is 16.7 Å². The third kappa shape index (κ3) is 1.98. The van der Waals surface area contributed by atoms with Crippen LogP contribution in [0.5, 0.6) is 0 Å². The van der Waals surface area contributed by atoms with Gasteiger partial charge in [-0.15, -0.1) is 0 Å². The van der Waals surface area contributed by atoms with E-state index in [1.807, 2.05) is 0 Å². The molecule has 2 aromatic rings. The van der Waals surface area contributed by atoms with Crippen LogP contribution in [0.4, 0.5) is 0 Å². The Hall–Kier alpha value is -1.60. The summed E-state index contributed by atoms with van der Waals surface area (Å²) in [4.78, 5) is 0. The molecule has 17 heavy (non-hydrogen) atoms. The Morgan fingerprint density at radius 1 is 0.882 bits per heavy atom. The molecule has 0 aliphatic heterocycles. The smallest absolute Gasteiger partial charge is 0.0107 e. The molecular weight excluding hydrogens is 206 g/mol. The fourth-order valence-corrected chi connectivity index (χ4v) is 2.86. The van der Waals surface area contributed by atoms with Gasteiger partial charge in [0.1, 0.15) is 0 Å². The van der Waals surface area contributed by atoms with Crippen molar-refractivity contribution in [1.29, 1.82) is 0 Å². The Balaban J connectivity index is 2.07. The van der Waals surface area contributed by atoms with Gasteiger partial charge in [-0.25, -0.2) is 0 Å². The van der Waals surface area contributed by atoms with E-state index < -0.39 is 0 Å². The van der Waals surface area contributed by atoms with Gasteiger partial charge in [0.05, 0.1) is 0 Å². The minimum absolute atomic E-state index is 0.287. The highest BCUT2D eigenvalue weighted by Gasteiger charge is 2.25. The first-order valence-corrected chi connectivity index (χ1v) is 6.23. The number of benzene rings is 2. The first-order chi connectivity index (χ1) is 8.34. The fourth-order valence-electron chi connectivity index (χ4n) is 2.86. The summed E-state index contributed by atoms with van der Waals surface area (Å²) < 4.78 is 0. The molecule has 2 aromatic carbocycles. The van der Waals surface area contributed by atoms with E-state index in [-0.39, 0.29) is 6.04 Å². The molecule has 86 valence electrons. The third-order valence-corrected chi connectivity index (χ3v) is 3.65. The lowest BCUT2D eigenvalue weighted by atomic mass is 9.77. The molecule has 1 aliphatic carbocycles. The molecule has 1 nitrogen and oxygen atoms in total. The molecule has 0 saturated carbocycles. The predicted molar refractivity (Wildman–Crippen MR) is 71.0 cm³/mol. The van der Waals surface area contributed by atoms with Crippen molar-refractivity contribution in [3.05, 3.63) is 71.3 Å². The second-order valence-electron chi connectivity index (χ2n) is 4.86. The Labute approximate surface area is 102 Å². The molecular formula is C16H17N. The number of hydrogen-bond donors (Lipinski definition) is 1. The largest absolute Gasteiger partial charge is 0.327 e. The molecule has 0 fully saturated rings. The number of fused-ring (bicyclic) bond motifs is 1. The van der Waals surface area contributed by atoms with Crippen LogP contribution in [0.2, 0.25) is 0 Å². The van der Waals surface area contributed by atoms with Crippen molar-refractivity contribution in [2.75, 3.05) is 0 Å². The predicted octanol–water partition coefficient (Wildman–Crippen LogP) is 3.09. The minimum Gasteiger partial charge on any atom is -0.327 e. The highest BCUT2D eigenvalue weighted by atomic mass is 14.6. The third-order valence-electron chi connectivity index (χ3n) is 3.65. The van der Waals surface area contributed by atoms with E-state index in [0.717, 1.165) is 12.8 Å². The van der Waals surface area contributed by atoms with Crippen LogP contribution in [0.1, 0.15) is 29.0 Å². The summed E-state index contributed by atoms with van der Waals surface area (Å²) >= 11 is 0. The molecule has 0 unspecified atom stereocenters. The lowest BCUT2D eigenvalue weighted by Gasteiger charge is -2.30. The molecule has 3 rings (SSSR count). The molecule has 0 aromatic heterocycles. The van der Waals surface area contributed by atoms with Gasteiger partial charge >= 0.3 is 0 Å². The van der Waals surface area contributed by atoms with Crippen molar-refractivity contribution in [2.24, 2.45) is 5.73 Å². The van der Waals surface area contributed by atoms with Crippen LogP contribution in [-0.4, -0.2) is 6.04 Å². The van der Waals surface area contributed by atoms with E-state index in [1.54, 1.807) is 0 Å². The van der Waals surface area contributed by atoms with Gasteiger partial charge in [0, 0.05) is 12.0 Å². The quantitative estimate of drug-likeness (QED) is 0.790. The number of nitrogens with two attached hydrogens (primary N) is 1. The van der Waals surface area contributed by atoms with Gasteiger partial charge in [0.15, 0.2) is 0 Å². The standard InChI is InChI=1S/C16H17N/c17-14-10-13-8-4-5-9-15(13)16(11-14)12-6-2-1-3-7-12/h1-9,14,16H,10-11,17H2/t14-,16+/m1/s1. The summed E-state index contributed by atoms with van der Waals surface area (Å²) in [6, 6.07) is 19.7. The fraction of sp³-hybridized carbons (Fsp3) is 0.250. The second-order valence-corrected chi connectivity index (χ2v) is 4.86. The summed E-state index contributed by atoms with van der Waals surface area (Å²) in [5.41, 5.74) is 10.4. The van der Waals surface area contributed by atoms with Gasteiger partial charge in [-0.05, 0) is 29.5 Å². The Kier molecular flexibility index (Phi) is 2.69. The van der Waals surface area contributed by atoms with Gasteiger partial charge in [-0.3, -0.25) is 0 Å². The molecule has 0 heterocycles. The van der Waals surface area contributed by atoms with Crippen molar-refractivity contribution in [3.8, 4) is 0 Å². The first kappa shape index (κ1) is 10.5. The van der Waals surface area contributed by atoms with Crippen molar-refractivity contribution in [3.63, 3.8) is 0 Å². The van der Waals surface area contributed by atoms with Crippen LogP contribution >= 0.6 is 0 Å². The number of rotatable bonds is 1. The zero-order valence-corrected chi connectivity index (χ0v) is 9.84. The molecule has 1 heteroatoms. The van der Waals surface area contributed by atoms with Gasteiger partial charge in [-0.1, -0.05) is 54.6 Å². The lowest BCUT2D eigenvalue weighted by molar-refractivity contribution is 0.531. The maximum atomic E-state index is 6.18. The van der Waals surface area contributed by atoms with Gasteiger partial charge < -0.3 is 5.73 Å². The van der Waals surface area contributed by atoms with Crippen molar-refractivity contribution >= 4 is 0 Å². The van der Waals surface area contributed by atoms with Crippen LogP contribution in [0.15, 0.2) is 54.6 Å². The van der Waals surface area contributed by atoms with Crippen LogP contribution in [0.3, 0.4) is 0 Å². The Morgan fingerprint density at radius 3 is 2.41 bits per heavy atom. The van der Waals surface area contributed by atoms with Crippen molar-refractivity contribution in [1.82, 2.24) is 0 Å². The second kappa shape index (κ2) is 4.34. The molecule has 0 amide bonds. The minimum atomic E-state index is 0.287. The van der Waals surface area contributed by atoms with Crippen LogP contribution in [-0.2, 0) is 6.42 Å². The molecule has 0 radical (unpaired) electrons. The van der Waals surface area contributed by atoms with Crippen LogP contribution < -0.4 is 5.73 Å². The summed E-state index contributed by atoms with van der Waals surface area (Å²) in [7, 11) is 0. The average molecular weight is 223 g/mol. The molecule has 2 N–H and O–H groups in total. The zero-order chi connectivity index (χ0) is 11.7. The van der Waals surface area contributed by atoms with E-state index in [2.05, 4.69) is 54.6 Å². The summed E-state index contributed by atoms with van der Waals surface area (Å²) in [6.07, 6.45) is 2.07. The van der Waals surface area contributed by atoms with E-state index in [9.17, 15) is 0 Å². The lowest BCUT2D eigenvalue weighted by Crippen LogP contribution is -2.30. The van der Waals surface area contributed by atoms with Gasteiger partial charge in [0.25, 0.3) is 0 Å². The Morgan fingerprint density at radius 2 is 1.59 bits per heavy atom. The molecule has 0 bridgehead atoms. The molecule has 0 spiro atoms. The zero-order valence-electron chi connectivity index (χ0n) is 9.84. The summed E-state index contributed by atoms with van der Waals surface area (Å²) in [5.74, 6) is 0.469. The summed E-state index contributed by atoms with van der Waals surface area (Å²) in [6.45, 7) is 0. The molecule has 0 saturated heterocycles. The highest BCUT2D eigenvalue weighted by molar-refractivity contribution is 5.40. The normalized spacial score (nSPS) is 23.1. The van der Waals surface area contributed by atoms with Gasteiger partial charge in [0.2, 0.25) is 0 Å². The summed E-state index contributed by atoms with van der Waals surface area (Å²) in [5, 5.41) is 0. The Bertz CT molecular complexity index is 504. The van der Waals surface area contributed by atoms with Crippen molar-refractivity contribution < 1.29 is 0 Å². The van der Waals surface area contributed by atoms with Gasteiger partial charge in [-0.2, -0.15) is 0 Å². The monoisotopic (exact) mass is 223 g/mol. The average Bonchev–Trinajstić information content (AvgIpc) is 2.39. The maximum absolute atomic E-state index is 6.18. The van der Waals surface area contributed by atoms with Crippen LogP contribution in [0, 0.1) is 0 Å². The SMILES string of the molecule is N[C@@H]1Cc2ccccc2[C@H](c2ccccc2)C1. The molecule has 2 atom stereocenters. The maximum Gasteiger partial charge on any atom is 0.0107 e. The molecule has 1 aliphatic rings. The topological polar surface area (TPSA) is 26.0 Å². The highest BCUT2D eigenvalue weighted by Crippen LogP contribution is 2.35.